The fraction of sp³-hybridized carbons (Fsp3) is 0.500. The molecule has 0 aliphatic rings. The molecule has 0 aliphatic carbocycles. The van der Waals surface area contributed by atoms with Crippen LogP contribution in [0.25, 0.3) is 11.0 Å². The summed E-state index contributed by atoms with van der Waals surface area (Å²) in [6.07, 6.45) is 1.94. The van der Waals surface area contributed by atoms with E-state index < -0.39 is 0 Å². The Morgan fingerprint density at radius 3 is 2.89 bits per heavy atom. The van der Waals surface area contributed by atoms with Crippen molar-refractivity contribution in [2.75, 3.05) is 18.9 Å². The molecule has 0 fully saturated rings. The second-order valence-corrected chi connectivity index (χ2v) is 4.33. The summed E-state index contributed by atoms with van der Waals surface area (Å²) in [5.41, 5.74) is 8.72. The van der Waals surface area contributed by atoms with Crippen LogP contribution < -0.4 is 5.73 Å². The lowest BCUT2D eigenvalue weighted by Crippen LogP contribution is -2.06. The normalized spacial score (nSPS) is 11.2. The molecule has 0 radical (unpaired) electrons. The van der Waals surface area contributed by atoms with Gasteiger partial charge in [-0.25, -0.2) is 4.98 Å². The van der Waals surface area contributed by atoms with Crippen LogP contribution in [0.5, 0.6) is 0 Å². The lowest BCUT2D eigenvalue weighted by molar-refractivity contribution is 0.141. The smallest absolute Gasteiger partial charge is 0.109 e. The first-order valence-electron chi connectivity index (χ1n) is 6.58. The zero-order valence-electron chi connectivity index (χ0n) is 11.1. The SMILES string of the molecule is CCOCCCn1c(CC)nc2cc(N)ccc21. The minimum Gasteiger partial charge on any atom is -0.399 e. The molecule has 1 aromatic carbocycles. The molecule has 0 bridgehead atoms. The molecule has 0 saturated carbocycles. The van der Waals surface area contributed by atoms with Crippen molar-refractivity contribution in [2.45, 2.75) is 33.2 Å². The molecule has 4 nitrogen and oxygen atoms in total. The molecule has 2 aromatic rings. The molecule has 2 N–H and O–H groups in total. The maximum atomic E-state index is 5.80. The number of rotatable bonds is 6. The Labute approximate surface area is 108 Å². The molecule has 0 unspecified atom stereocenters. The largest absolute Gasteiger partial charge is 0.399 e. The van der Waals surface area contributed by atoms with Crippen LogP contribution in [0.2, 0.25) is 0 Å². The van der Waals surface area contributed by atoms with Crippen LogP contribution in [0, 0.1) is 0 Å². The number of hydrogen-bond donors (Lipinski definition) is 1. The van der Waals surface area contributed by atoms with Gasteiger partial charge >= 0.3 is 0 Å². The monoisotopic (exact) mass is 247 g/mol. The van der Waals surface area contributed by atoms with Crippen LogP contribution in [0.15, 0.2) is 18.2 Å². The van der Waals surface area contributed by atoms with E-state index in [1.165, 1.54) is 0 Å². The van der Waals surface area contributed by atoms with E-state index in [0.29, 0.717) is 0 Å². The van der Waals surface area contributed by atoms with Gasteiger partial charge in [0.25, 0.3) is 0 Å². The highest BCUT2D eigenvalue weighted by Crippen LogP contribution is 2.19. The van der Waals surface area contributed by atoms with Gasteiger partial charge < -0.3 is 15.0 Å². The first-order valence-corrected chi connectivity index (χ1v) is 6.58. The molecular formula is C14H21N3O. The molecule has 0 aliphatic heterocycles. The van der Waals surface area contributed by atoms with Gasteiger partial charge in [0.05, 0.1) is 11.0 Å². The second-order valence-electron chi connectivity index (χ2n) is 4.33. The number of ether oxygens (including phenoxy) is 1. The van der Waals surface area contributed by atoms with Crippen LogP contribution in [-0.4, -0.2) is 22.8 Å². The fourth-order valence-corrected chi connectivity index (χ4v) is 2.19. The van der Waals surface area contributed by atoms with Crippen molar-refractivity contribution in [1.82, 2.24) is 9.55 Å². The zero-order valence-corrected chi connectivity index (χ0v) is 11.1. The van der Waals surface area contributed by atoms with Crippen molar-refractivity contribution in [3.05, 3.63) is 24.0 Å². The topological polar surface area (TPSA) is 53.1 Å². The van der Waals surface area contributed by atoms with E-state index in [1.807, 2.05) is 19.1 Å². The van der Waals surface area contributed by atoms with Gasteiger partial charge in [-0.15, -0.1) is 0 Å². The van der Waals surface area contributed by atoms with Crippen molar-refractivity contribution < 1.29 is 4.74 Å². The highest BCUT2D eigenvalue weighted by Gasteiger charge is 2.08. The zero-order chi connectivity index (χ0) is 13.0. The molecular weight excluding hydrogens is 226 g/mol. The third-order valence-corrected chi connectivity index (χ3v) is 3.04. The number of nitrogens with two attached hydrogens (primary N) is 1. The Balaban J connectivity index is 2.23. The number of nitrogen functional groups attached to an aromatic ring is 1. The Bertz CT molecular complexity index is 519. The minimum absolute atomic E-state index is 0.768. The Kier molecular flexibility index (Phi) is 4.20. The Morgan fingerprint density at radius 2 is 2.17 bits per heavy atom. The number of hydrogen-bond acceptors (Lipinski definition) is 3. The average molecular weight is 247 g/mol. The van der Waals surface area contributed by atoms with Gasteiger partial charge in [0.15, 0.2) is 0 Å². The van der Waals surface area contributed by atoms with E-state index in [-0.39, 0.29) is 0 Å². The van der Waals surface area contributed by atoms with E-state index in [9.17, 15) is 0 Å². The van der Waals surface area contributed by atoms with Gasteiger partial charge in [-0.1, -0.05) is 6.92 Å². The molecule has 18 heavy (non-hydrogen) atoms. The highest BCUT2D eigenvalue weighted by atomic mass is 16.5. The van der Waals surface area contributed by atoms with E-state index in [2.05, 4.69) is 22.5 Å². The summed E-state index contributed by atoms with van der Waals surface area (Å²) in [6, 6.07) is 5.92. The van der Waals surface area contributed by atoms with E-state index >= 15 is 0 Å². The van der Waals surface area contributed by atoms with Crippen molar-refractivity contribution >= 4 is 16.7 Å². The molecule has 1 heterocycles. The van der Waals surface area contributed by atoms with Crippen molar-refractivity contribution in [3.8, 4) is 0 Å². The van der Waals surface area contributed by atoms with Gasteiger partial charge in [-0.3, -0.25) is 0 Å². The summed E-state index contributed by atoms with van der Waals surface area (Å²) in [4.78, 5) is 4.63. The predicted molar refractivity (Wildman–Crippen MR) is 74.6 cm³/mol. The van der Waals surface area contributed by atoms with Crippen molar-refractivity contribution in [3.63, 3.8) is 0 Å². The molecule has 4 heteroatoms. The number of aromatic nitrogens is 2. The molecule has 0 spiro atoms. The first-order chi connectivity index (χ1) is 8.76. The van der Waals surface area contributed by atoms with Crippen LogP contribution in [-0.2, 0) is 17.7 Å². The summed E-state index contributed by atoms with van der Waals surface area (Å²) >= 11 is 0. The van der Waals surface area contributed by atoms with E-state index in [4.69, 9.17) is 10.5 Å². The van der Waals surface area contributed by atoms with Crippen molar-refractivity contribution in [1.29, 1.82) is 0 Å². The number of imidazole rings is 1. The lowest BCUT2D eigenvalue weighted by Gasteiger charge is -2.08. The van der Waals surface area contributed by atoms with Crippen LogP contribution in [0.3, 0.4) is 0 Å². The van der Waals surface area contributed by atoms with Crippen LogP contribution in [0.1, 0.15) is 26.1 Å². The van der Waals surface area contributed by atoms with Crippen molar-refractivity contribution in [2.24, 2.45) is 0 Å². The summed E-state index contributed by atoms with van der Waals surface area (Å²) < 4.78 is 7.65. The molecule has 1 aromatic heterocycles. The average Bonchev–Trinajstić information content (AvgIpc) is 2.71. The van der Waals surface area contributed by atoms with Gasteiger partial charge in [0, 0.05) is 31.9 Å². The maximum absolute atomic E-state index is 5.80. The van der Waals surface area contributed by atoms with Crippen LogP contribution >= 0.6 is 0 Å². The molecule has 0 atom stereocenters. The summed E-state index contributed by atoms with van der Waals surface area (Å²) in [5, 5.41) is 0. The van der Waals surface area contributed by atoms with Gasteiger partial charge in [0.2, 0.25) is 0 Å². The number of benzene rings is 1. The maximum Gasteiger partial charge on any atom is 0.109 e. The molecule has 0 amide bonds. The molecule has 0 saturated heterocycles. The molecule has 98 valence electrons. The van der Waals surface area contributed by atoms with E-state index in [1.54, 1.807) is 0 Å². The summed E-state index contributed by atoms with van der Waals surface area (Å²) in [7, 11) is 0. The number of nitrogens with zero attached hydrogens (tertiary/aromatic N) is 2. The standard InChI is InChI=1S/C14H21N3O/c1-3-14-16-12-10-11(15)6-7-13(12)17(14)8-5-9-18-4-2/h6-7,10H,3-5,8-9,15H2,1-2H3. The highest BCUT2D eigenvalue weighted by molar-refractivity contribution is 5.79. The van der Waals surface area contributed by atoms with Gasteiger partial charge in [-0.2, -0.15) is 0 Å². The lowest BCUT2D eigenvalue weighted by atomic mass is 10.3. The first kappa shape index (κ1) is 12.9. The van der Waals surface area contributed by atoms with E-state index in [0.717, 1.165) is 55.1 Å². The summed E-state index contributed by atoms with van der Waals surface area (Å²) in [6.45, 7) is 6.68. The minimum atomic E-state index is 0.768. The Hall–Kier alpha value is -1.55. The van der Waals surface area contributed by atoms with Crippen LogP contribution in [0.4, 0.5) is 5.69 Å². The predicted octanol–water partition coefficient (Wildman–Crippen LogP) is 2.61. The second kappa shape index (κ2) is 5.87. The fourth-order valence-electron chi connectivity index (χ4n) is 2.19. The Morgan fingerprint density at radius 1 is 1.33 bits per heavy atom. The number of aryl methyl sites for hydroxylation is 2. The third kappa shape index (κ3) is 2.64. The van der Waals surface area contributed by atoms with Gasteiger partial charge in [-0.05, 0) is 31.5 Å². The quantitative estimate of drug-likeness (QED) is 0.630. The molecule has 2 rings (SSSR count). The number of fused-ring (bicyclic) bond motifs is 1. The number of anilines is 1. The van der Waals surface area contributed by atoms with Gasteiger partial charge in [0.1, 0.15) is 5.82 Å². The summed E-state index contributed by atoms with van der Waals surface area (Å²) in [5.74, 6) is 1.12. The third-order valence-electron chi connectivity index (χ3n) is 3.04.